The maximum absolute atomic E-state index is 12.8. The number of benzene rings is 2. The molecule has 14 nitrogen and oxygen atoms in total. The van der Waals surface area contributed by atoms with Crippen LogP contribution in [0.3, 0.4) is 0 Å². The number of Topliss-reactive ketones (excluding diaryl/α,β-unsaturated/α-hetero) is 2. The Morgan fingerprint density at radius 1 is 0.865 bits per heavy atom. The van der Waals surface area contributed by atoms with Crippen molar-refractivity contribution >= 4 is 17.5 Å². The Labute approximate surface area is 207 Å². The van der Waals surface area contributed by atoms with Crippen LogP contribution < -0.4 is 4.74 Å². The Kier molecular flexibility index (Phi) is 8.20. The second-order valence-electron chi connectivity index (χ2n) is 8.19. The van der Waals surface area contributed by atoms with Gasteiger partial charge in [-0.3, -0.25) is 9.59 Å². The van der Waals surface area contributed by atoms with E-state index < -0.39 is 94.7 Å². The van der Waals surface area contributed by atoms with Crippen LogP contribution >= 0.6 is 0 Å². The van der Waals surface area contributed by atoms with E-state index in [0.29, 0.717) is 11.6 Å². The normalized spacial score (nSPS) is 23.4. The number of aliphatic hydroxyl groups is 4. The first-order valence-corrected chi connectivity index (χ1v) is 10.7. The molecule has 1 fully saturated rings. The summed E-state index contributed by atoms with van der Waals surface area (Å²) in [4.78, 5) is 36.5. The number of hydrogen-bond donors (Lipinski definition) is 9. The van der Waals surface area contributed by atoms with Crippen LogP contribution in [0.25, 0.3) is 0 Å². The van der Waals surface area contributed by atoms with Crippen molar-refractivity contribution in [3.8, 4) is 28.7 Å². The van der Waals surface area contributed by atoms with Crippen molar-refractivity contribution in [1.29, 1.82) is 0 Å². The van der Waals surface area contributed by atoms with Gasteiger partial charge in [0.05, 0.1) is 6.61 Å². The fraction of sp³-hybridized carbons (Fsp3) is 0.348. The van der Waals surface area contributed by atoms with Crippen LogP contribution in [0.2, 0.25) is 0 Å². The number of phenolic OH excluding ortho intramolecular Hbond substituents is 4. The molecule has 0 amide bonds. The average Bonchev–Trinajstić information content (AvgIpc) is 2.84. The van der Waals surface area contributed by atoms with Crippen molar-refractivity contribution in [1.82, 2.24) is 0 Å². The van der Waals surface area contributed by atoms with Crippen LogP contribution in [-0.4, -0.2) is 101 Å². The lowest BCUT2D eigenvalue weighted by Crippen LogP contribution is -2.60. The van der Waals surface area contributed by atoms with Gasteiger partial charge in [0.2, 0.25) is 6.29 Å². The van der Waals surface area contributed by atoms with Crippen molar-refractivity contribution in [3.05, 3.63) is 41.0 Å². The third-order valence-corrected chi connectivity index (χ3v) is 5.72. The van der Waals surface area contributed by atoms with Crippen molar-refractivity contribution < 1.29 is 69.8 Å². The van der Waals surface area contributed by atoms with Crippen molar-refractivity contribution in [2.24, 2.45) is 0 Å². The lowest BCUT2D eigenvalue weighted by molar-refractivity contribution is -0.277. The van der Waals surface area contributed by atoms with Crippen LogP contribution in [0.5, 0.6) is 28.7 Å². The van der Waals surface area contributed by atoms with E-state index in [9.17, 15) is 60.3 Å². The van der Waals surface area contributed by atoms with Gasteiger partial charge in [0, 0.05) is 12.5 Å². The summed E-state index contributed by atoms with van der Waals surface area (Å²) in [6.07, 6.45) is -9.38. The van der Waals surface area contributed by atoms with Crippen LogP contribution in [-0.2, 0) is 16.0 Å². The number of ether oxygens (including phenoxy) is 2. The highest BCUT2D eigenvalue weighted by Gasteiger charge is 2.45. The van der Waals surface area contributed by atoms with Crippen molar-refractivity contribution in [2.45, 2.75) is 43.5 Å². The van der Waals surface area contributed by atoms with Gasteiger partial charge in [0.25, 0.3) is 5.78 Å². The topological polar surface area (TPSA) is 252 Å². The molecule has 0 aromatic heterocycles. The van der Waals surface area contributed by atoms with E-state index in [1.54, 1.807) is 0 Å². The number of aliphatic hydroxyl groups excluding tert-OH is 4. The summed E-state index contributed by atoms with van der Waals surface area (Å²) >= 11 is 0. The summed E-state index contributed by atoms with van der Waals surface area (Å²) in [5, 5.41) is 88.5. The second-order valence-corrected chi connectivity index (χ2v) is 8.19. The molecule has 37 heavy (non-hydrogen) atoms. The Bertz CT molecular complexity index is 1210. The van der Waals surface area contributed by atoms with Gasteiger partial charge in [-0.2, -0.15) is 0 Å². The lowest BCUT2D eigenvalue weighted by atomic mass is 9.96. The second kappa shape index (κ2) is 11.0. The van der Waals surface area contributed by atoms with Gasteiger partial charge in [0.15, 0.2) is 17.3 Å². The molecular weight excluding hydrogens is 500 g/mol. The first kappa shape index (κ1) is 27.6. The van der Waals surface area contributed by atoms with E-state index >= 15 is 0 Å². The number of aryl methyl sites for hydroxylation is 1. The maximum atomic E-state index is 12.8. The first-order chi connectivity index (χ1) is 17.4. The largest absolute Gasteiger partial charge is 0.507 e. The summed E-state index contributed by atoms with van der Waals surface area (Å²) < 4.78 is 10.4. The number of carbonyl (C=O) groups is 3. The van der Waals surface area contributed by atoms with Crippen LogP contribution in [0.4, 0.5) is 0 Å². The number of rotatable bonds is 9. The molecule has 0 bridgehead atoms. The van der Waals surface area contributed by atoms with Gasteiger partial charge < -0.3 is 55.4 Å². The maximum Gasteiger partial charge on any atom is 0.377 e. The quantitative estimate of drug-likeness (QED) is 0.106. The summed E-state index contributed by atoms with van der Waals surface area (Å²) in [7, 11) is 0. The third-order valence-electron chi connectivity index (χ3n) is 5.72. The molecule has 0 spiro atoms. The molecular formula is C23H24O14. The summed E-state index contributed by atoms with van der Waals surface area (Å²) in [5.74, 6) is -8.61. The number of aromatic hydroxyl groups is 4. The molecule has 1 aliphatic heterocycles. The van der Waals surface area contributed by atoms with E-state index in [2.05, 4.69) is 0 Å². The number of ketones is 2. The molecule has 0 radical (unpaired) electrons. The number of phenols is 4. The highest BCUT2D eigenvalue weighted by Crippen LogP contribution is 2.40. The van der Waals surface area contributed by atoms with Gasteiger partial charge in [-0.25, -0.2) is 4.79 Å². The smallest absolute Gasteiger partial charge is 0.377 e. The predicted molar refractivity (Wildman–Crippen MR) is 119 cm³/mol. The molecule has 2 aromatic carbocycles. The zero-order valence-electron chi connectivity index (χ0n) is 18.9. The van der Waals surface area contributed by atoms with Crippen LogP contribution in [0, 0.1) is 0 Å². The van der Waals surface area contributed by atoms with E-state index in [0.717, 1.165) is 0 Å². The lowest BCUT2D eigenvalue weighted by Gasteiger charge is -2.39. The molecule has 5 unspecified atom stereocenters. The standard InChI is InChI=1S/C23H24O14/c24-7-14-17(29)20(32)21(33)23(37-14)36-13-6-12(28)15(18(30)16(13)19(31)22(34)35)10(26)4-2-8-1-3-9(25)11(27)5-8/h1,3,5-6,14,17,20-21,23-25,27-30,32-33H,2,4,7H2,(H,34,35). The zero-order valence-corrected chi connectivity index (χ0v) is 18.9. The fourth-order valence-electron chi connectivity index (χ4n) is 3.72. The Morgan fingerprint density at radius 3 is 2.14 bits per heavy atom. The van der Waals surface area contributed by atoms with E-state index in [4.69, 9.17) is 9.47 Å². The monoisotopic (exact) mass is 524 g/mol. The molecule has 0 saturated carbocycles. The highest BCUT2D eigenvalue weighted by molar-refractivity contribution is 6.41. The van der Waals surface area contributed by atoms with E-state index in [-0.39, 0.29) is 12.8 Å². The molecule has 14 heteroatoms. The molecule has 1 heterocycles. The summed E-state index contributed by atoms with van der Waals surface area (Å²) in [5.41, 5.74) is -1.49. The minimum atomic E-state index is -2.07. The van der Waals surface area contributed by atoms with Gasteiger partial charge >= 0.3 is 5.97 Å². The minimum Gasteiger partial charge on any atom is -0.507 e. The van der Waals surface area contributed by atoms with Crippen molar-refractivity contribution in [3.63, 3.8) is 0 Å². The minimum absolute atomic E-state index is 0.0448. The van der Waals surface area contributed by atoms with Gasteiger partial charge in [-0.05, 0) is 24.1 Å². The molecule has 0 aliphatic carbocycles. The van der Waals surface area contributed by atoms with Crippen molar-refractivity contribution in [2.75, 3.05) is 6.61 Å². The van der Waals surface area contributed by atoms with Gasteiger partial charge in [-0.1, -0.05) is 6.07 Å². The molecule has 2 aromatic rings. The molecule has 1 aliphatic rings. The Morgan fingerprint density at radius 2 is 1.54 bits per heavy atom. The SMILES string of the molecule is O=C(O)C(=O)c1c(OC2OC(CO)C(O)C(O)C2O)cc(O)c(C(=O)CCc2ccc(O)c(O)c2)c1O. The molecule has 1 saturated heterocycles. The number of hydrogen-bond acceptors (Lipinski definition) is 13. The van der Waals surface area contributed by atoms with Crippen LogP contribution in [0.1, 0.15) is 32.7 Å². The van der Waals surface area contributed by atoms with Crippen LogP contribution in [0.15, 0.2) is 24.3 Å². The highest BCUT2D eigenvalue weighted by atomic mass is 16.7. The number of carboxylic acid groups (broad SMARTS) is 1. The van der Waals surface area contributed by atoms with E-state index in [1.807, 2.05) is 0 Å². The molecule has 9 N–H and O–H groups in total. The molecule has 200 valence electrons. The van der Waals surface area contributed by atoms with E-state index in [1.165, 1.54) is 18.2 Å². The predicted octanol–water partition coefficient (Wildman–Crippen LogP) is -1.23. The Hall–Kier alpha value is -3.95. The van der Waals surface area contributed by atoms with Gasteiger partial charge in [-0.15, -0.1) is 0 Å². The third kappa shape index (κ3) is 5.58. The zero-order chi connectivity index (χ0) is 27.6. The summed E-state index contributed by atoms with van der Waals surface area (Å²) in [6.45, 7) is -0.825. The van der Waals surface area contributed by atoms with Gasteiger partial charge in [0.1, 0.15) is 52.8 Å². The molecule has 3 rings (SSSR count). The number of carbonyl (C=O) groups excluding carboxylic acids is 2. The summed E-state index contributed by atoms with van der Waals surface area (Å²) in [6, 6.07) is 4.38. The molecule has 5 atom stereocenters. The fourth-order valence-corrected chi connectivity index (χ4v) is 3.72. The number of aliphatic carboxylic acids is 1. The Balaban J connectivity index is 1.96. The number of carboxylic acids is 1. The first-order valence-electron chi connectivity index (χ1n) is 10.7. The average molecular weight is 524 g/mol.